The molecule has 0 radical (unpaired) electrons. The fraction of sp³-hybridized carbons (Fsp3) is 0.350. The molecule has 2 aromatic rings. The van der Waals surface area contributed by atoms with Gasteiger partial charge in [-0.3, -0.25) is 9.00 Å². The van der Waals surface area contributed by atoms with E-state index in [0.717, 1.165) is 25.8 Å². The molecule has 0 saturated carbocycles. The molecule has 1 unspecified atom stereocenters. The van der Waals surface area contributed by atoms with E-state index in [2.05, 4.69) is 16.9 Å². The van der Waals surface area contributed by atoms with Crippen molar-refractivity contribution in [2.75, 3.05) is 19.8 Å². The molecule has 0 saturated heterocycles. The molecule has 0 fully saturated rings. The molecule has 1 aromatic heterocycles. The third-order valence-electron chi connectivity index (χ3n) is 4.12. The number of rotatable bonds is 9. The third-order valence-corrected chi connectivity index (χ3v) is 5.00. The second-order valence-electron chi connectivity index (χ2n) is 6.28. The highest BCUT2D eigenvalue weighted by Crippen LogP contribution is 2.24. The van der Waals surface area contributed by atoms with Crippen LogP contribution in [0.5, 0.6) is 0 Å². The van der Waals surface area contributed by atoms with Gasteiger partial charge in [0.1, 0.15) is 5.82 Å². The first-order valence-electron chi connectivity index (χ1n) is 8.79. The maximum absolute atomic E-state index is 14.4. The largest absolute Gasteiger partial charge is 0.380 e. The highest BCUT2D eigenvalue weighted by molar-refractivity contribution is 7.84. The zero-order valence-electron chi connectivity index (χ0n) is 15.8. The molecule has 27 heavy (non-hydrogen) atoms. The molecule has 0 aliphatic rings. The first-order valence-corrected chi connectivity index (χ1v) is 10.3. The van der Waals surface area contributed by atoms with Gasteiger partial charge in [-0.05, 0) is 36.4 Å². The van der Waals surface area contributed by atoms with Gasteiger partial charge in [-0.2, -0.15) is 0 Å². The number of halogens is 1. The van der Waals surface area contributed by atoms with Crippen LogP contribution in [0.4, 0.5) is 4.39 Å². The molecule has 1 aromatic carbocycles. The van der Waals surface area contributed by atoms with Crippen LogP contribution in [0.2, 0.25) is 0 Å². The van der Waals surface area contributed by atoms with Crippen LogP contribution in [0.25, 0.3) is 17.5 Å². The second-order valence-corrected chi connectivity index (χ2v) is 7.66. The van der Waals surface area contributed by atoms with Crippen LogP contribution >= 0.6 is 0 Å². The molecule has 2 rings (SSSR count). The van der Waals surface area contributed by atoms with E-state index < -0.39 is 16.6 Å². The molecule has 0 spiro atoms. The Morgan fingerprint density at radius 2 is 1.89 bits per heavy atom. The maximum Gasteiger partial charge on any atom is 0.162 e. The van der Waals surface area contributed by atoms with Gasteiger partial charge in [-0.25, -0.2) is 14.4 Å². The number of nitrogens with zero attached hydrogens (tertiary/aromatic N) is 3. The standard InChI is InChI=1S/C20H24FN3O2S/c1-4-5-6-8-24(2)9-7-15-10-18(19(21)11-16(15)14-25)20-22-12-17(13-23-20)27(3)26/h7,9-14H,4-6,8H2,1-3H3/b9-7-. The first kappa shape index (κ1) is 20.9. The summed E-state index contributed by atoms with van der Waals surface area (Å²) < 4.78 is 25.9. The summed E-state index contributed by atoms with van der Waals surface area (Å²) in [4.78, 5) is 22.0. The van der Waals surface area contributed by atoms with E-state index in [1.165, 1.54) is 24.7 Å². The van der Waals surface area contributed by atoms with Crippen molar-refractivity contribution in [1.82, 2.24) is 14.9 Å². The van der Waals surface area contributed by atoms with Crippen molar-refractivity contribution >= 4 is 23.2 Å². The molecular formula is C20H24FN3O2S. The van der Waals surface area contributed by atoms with Gasteiger partial charge < -0.3 is 4.90 Å². The Kier molecular flexibility index (Phi) is 7.79. The topological polar surface area (TPSA) is 63.2 Å². The number of benzene rings is 1. The van der Waals surface area contributed by atoms with E-state index in [4.69, 9.17) is 0 Å². The number of hydrogen-bond acceptors (Lipinski definition) is 5. The minimum Gasteiger partial charge on any atom is -0.380 e. The molecule has 0 amide bonds. The second kappa shape index (κ2) is 10.1. The third kappa shape index (κ3) is 5.79. The van der Waals surface area contributed by atoms with Crippen LogP contribution in [0.3, 0.4) is 0 Å². The van der Waals surface area contributed by atoms with Crippen molar-refractivity contribution in [3.8, 4) is 11.4 Å². The summed E-state index contributed by atoms with van der Waals surface area (Å²) >= 11 is 0. The number of carbonyl (C=O) groups is 1. The molecule has 1 atom stereocenters. The van der Waals surface area contributed by atoms with E-state index >= 15 is 0 Å². The Labute approximate surface area is 161 Å². The van der Waals surface area contributed by atoms with Crippen LogP contribution in [-0.2, 0) is 10.8 Å². The molecule has 0 N–H and O–H groups in total. The summed E-state index contributed by atoms with van der Waals surface area (Å²) in [5.74, 6) is -0.388. The molecule has 1 heterocycles. The fourth-order valence-electron chi connectivity index (χ4n) is 2.52. The van der Waals surface area contributed by atoms with Crippen LogP contribution in [-0.4, -0.2) is 45.2 Å². The molecule has 0 aliphatic heterocycles. The van der Waals surface area contributed by atoms with Crippen molar-refractivity contribution in [2.24, 2.45) is 0 Å². The normalized spacial score (nSPS) is 12.3. The first-order chi connectivity index (χ1) is 13.0. The molecule has 7 heteroatoms. The minimum absolute atomic E-state index is 0.185. The lowest BCUT2D eigenvalue weighted by molar-refractivity contribution is 0.112. The van der Waals surface area contributed by atoms with Crippen molar-refractivity contribution in [1.29, 1.82) is 0 Å². The molecular weight excluding hydrogens is 365 g/mol. The Morgan fingerprint density at radius 3 is 2.48 bits per heavy atom. The smallest absolute Gasteiger partial charge is 0.162 e. The number of unbranched alkanes of at least 4 members (excludes halogenated alkanes) is 2. The zero-order valence-corrected chi connectivity index (χ0v) is 16.6. The summed E-state index contributed by atoms with van der Waals surface area (Å²) in [5.41, 5.74) is 1.05. The van der Waals surface area contributed by atoms with Gasteiger partial charge in [0.2, 0.25) is 0 Å². The molecule has 0 aliphatic carbocycles. The van der Waals surface area contributed by atoms with E-state index in [-0.39, 0.29) is 17.0 Å². The van der Waals surface area contributed by atoms with Gasteiger partial charge in [-0.15, -0.1) is 0 Å². The van der Waals surface area contributed by atoms with Crippen LogP contribution < -0.4 is 0 Å². The summed E-state index contributed by atoms with van der Waals surface area (Å²) in [7, 11) is 0.760. The van der Waals surface area contributed by atoms with E-state index in [9.17, 15) is 13.4 Å². The average molecular weight is 389 g/mol. The molecule has 144 valence electrons. The van der Waals surface area contributed by atoms with Gasteiger partial charge >= 0.3 is 0 Å². The van der Waals surface area contributed by atoms with Crippen LogP contribution in [0.15, 0.2) is 35.6 Å². The van der Waals surface area contributed by atoms with E-state index in [1.54, 1.807) is 12.1 Å². The predicted molar refractivity (Wildman–Crippen MR) is 106 cm³/mol. The summed E-state index contributed by atoms with van der Waals surface area (Å²) in [6, 6.07) is 2.75. The Balaban J connectivity index is 2.31. The van der Waals surface area contributed by atoms with Gasteiger partial charge in [0.05, 0.1) is 21.3 Å². The highest BCUT2D eigenvalue weighted by atomic mass is 32.2. The quantitative estimate of drug-likeness (QED) is 0.480. The SMILES string of the molecule is CCCCCN(C)/C=C\c1cc(-c2ncc(S(C)=O)cn2)c(F)cc1C=O. The lowest BCUT2D eigenvalue weighted by Crippen LogP contribution is -2.11. The van der Waals surface area contributed by atoms with Gasteiger partial charge in [0.15, 0.2) is 12.1 Å². The molecule has 5 nitrogen and oxygen atoms in total. The van der Waals surface area contributed by atoms with Gasteiger partial charge in [0.25, 0.3) is 0 Å². The summed E-state index contributed by atoms with van der Waals surface area (Å²) in [5, 5.41) is 0. The number of aldehydes is 1. The van der Waals surface area contributed by atoms with Gasteiger partial charge in [0, 0.05) is 37.8 Å². The average Bonchev–Trinajstić information content (AvgIpc) is 2.67. The number of hydrogen-bond donors (Lipinski definition) is 0. The Morgan fingerprint density at radius 1 is 1.19 bits per heavy atom. The van der Waals surface area contributed by atoms with Gasteiger partial charge in [-0.1, -0.05) is 19.8 Å². The van der Waals surface area contributed by atoms with Crippen molar-refractivity contribution < 1.29 is 13.4 Å². The highest BCUT2D eigenvalue weighted by Gasteiger charge is 2.13. The minimum atomic E-state index is -1.20. The predicted octanol–water partition coefficient (Wildman–Crippen LogP) is 3.93. The monoisotopic (exact) mass is 389 g/mol. The fourth-order valence-corrected chi connectivity index (χ4v) is 2.92. The number of aromatic nitrogens is 2. The van der Waals surface area contributed by atoms with Crippen molar-refractivity contribution in [3.05, 3.63) is 47.7 Å². The van der Waals surface area contributed by atoms with Crippen molar-refractivity contribution in [3.63, 3.8) is 0 Å². The Hall–Kier alpha value is -2.41. The Bertz CT molecular complexity index is 838. The lowest BCUT2D eigenvalue weighted by Gasteiger charge is -2.13. The van der Waals surface area contributed by atoms with E-state index in [1.807, 2.05) is 18.1 Å². The lowest BCUT2D eigenvalue weighted by atomic mass is 10.0. The maximum atomic E-state index is 14.4. The van der Waals surface area contributed by atoms with Crippen LogP contribution in [0.1, 0.15) is 42.1 Å². The molecule has 0 bridgehead atoms. The summed E-state index contributed by atoms with van der Waals surface area (Å²) in [6.45, 7) is 3.06. The van der Waals surface area contributed by atoms with Crippen LogP contribution in [0, 0.1) is 5.82 Å². The summed E-state index contributed by atoms with van der Waals surface area (Å²) in [6.07, 6.45) is 12.1. The van der Waals surface area contributed by atoms with Crippen molar-refractivity contribution in [2.45, 2.75) is 31.1 Å². The van der Waals surface area contributed by atoms with E-state index in [0.29, 0.717) is 16.7 Å². The number of carbonyl (C=O) groups excluding carboxylic acids is 1. The zero-order chi connectivity index (χ0) is 19.8.